The van der Waals surface area contributed by atoms with Gasteiger partial charge < -0.3 is 14.9 Å². The van der Waals surface area contributed by atoms with Crippen LogP contribution >= 0.6 is 11.6 Å². The number of carbonyl (C=O) groups is 1. The van der Waals surface area contributed by atoms with E-state index in [1.54, 1.807) is 31.2 Å². The summed E-state index contributed by atoms with van der Waals surface area (Å²) in [5.41, 5.74) is 2.69. The fourth-order valence-electron chi connectivity index (χ4n) is 1.51. The predicted octanol–water partition coefficient (Wildman–Crippen LogP) is 0.806. The molecule has 0 saturated heterocycles. The third-order valence-electron chi connectivity index (χ3n) is 2.54. The first-order valence-corrected chi connectivity index (χ1v) is 6.95. The first-order chi connectivity index (χ1) is 11.5. The van der Waals surface area contributed by atoms with E-state index in [4.69, 9.17) is 16.3 Å². The summed E-state index contributed by atoms with van der Waals surface area (Å²) in [6.45, 7) is 1.35. The fraction of sp³-hybridized carbons (Fsp3) is 0.250. The highest BCUT2D eigenvalue weighted by atomic mass is 35.5. The summed E-state index contributed by atoms with van der Waals surface area (Å²) in [4.78, 5) is 22.3. The lowest BCUT2D eigenvalue weighted by atomic mass is 10.3. The Morgan fingerprint density at radius 3 is 2.92 bits per heavy atom. The molecule has 11 nitrogen and oxygen atoms in total. The van der Waals surface area contributed by atoms with Gasteiger partial charge in [-0.05, 0) is 24.0 Å². The minimum absolute atomic E-state index is 0.0342. The van der Waals surface area contributed by atoms with Gasteiger partial charge in [-0.15, -0.1) is 0 Å². The van der Waals surface area contributed by atoms with Crippen molar-refractivity contribution in [1.82, 2.24) is 25.6 Å². The molecule has 1 heterocycles. The Bertz CT molecular complexity index is 776. The standard InChI is InChI=1S/C12H12ClN7O4/c1-8(6-19-17-12(16-18-19)20(22)23)14-15-11(21)7-24-10-5-3-2-4-9(10)13/h2-5H,6-7H2,1H3,(H,15,21). The number of para-hydroxylation sites is 1. The van der Waals surface area contributed by atoms with Crippen molar-refractivity contribution in [1.29, 1.82) is 0 Å². The summed E-state index contributed by atoms with van der Waals surface area (Å²) in [5, 5.41) is 24.9. The summed E-state index contributed by atoms with van der Waals surface area (Å²) in [5.74, 6) is -0.721. The van der Waals surface area contributed by atoms with Crippen molar-refractivity contribution < 1.29 is 14.5 Å². The zero-order valence-corrected chi connectivity index (χ0v) is 13.2. The molecule has 0 aliphatic rings. The third-order valence-corrected chi connectivity index (χ3v) is 2.85. The Morgan fingerprint density at radius 2 is 2.25 bits per heavy atom. The normalized spacial score (nSPS) is 11.2. The maximum atomic E-state index is 11.7. The zero-order valence-electron chi connectivity index (χ0n) is 12.4. The van der Waals surface area contributed by atoms with Gasteiger partial charge in [0.1, 0.15) is 12.3 Å². The van der Waals surface area contributed by atoms with Crippen molar-refractivity contribution in [3.05, 3.63) is 39.4 Å². The molecule has 0 radical (unpaired) electrons. The first kappa shape index (κ1) is 17.3. The van der Waals surface area contributed by atoms with E-state index in [1.807, 2.05) is 0 Å². The van der Waals surface area contributed by atoms with E-state index < -0.39 is 16.8 Å². The molecule has 0 atom stereocenters. The highest BCUT2D eigenvalue weighted by Crippen LogP contribution is 2.22. The number of rotatable bonds is 7. The molecule has 2 aromatic rings. The van der Waals surface area contributed by atoms with Crippen molar-refractivity contribution >= 4 is 29.2 Å². The van der Waals surface area contributed by atoms with Gasteiger partial charge in [-0.2, -0.15) is 5.10 Å². The predicted molar refractivity (Wildman–Crippen MR) is 82.7 cm³/mol. The minimum atomic E-state index is -0.760. The molecular weight excluding hydrogens is 342 g/mol. The quantitative estimate of drug-likeness (QED) is 0.441. The van der Waals surface area contributed by atoms with E-state index in [-0.39, 0.29) is 13.2 Å². The topological polar surface area (TPSA) is 137 Å². The molecule has 0 aliphatic carbocycles. The second kappa shape index (κ2) is 7.97. The number of hydrazone groups is 1. The number of benzene rings is 1. The van der Waals surface area contributed by atoms with Crippen LogP contribution in [0.5, 0.6) is 5.75 Å². The smallest absolute Gasteiger partial charge is 0.482 e. The molecule has 2 rings (SSSR count). The molecule has 1 N–H and O–H groups in total. The van der Waals surface area contributed by atoms with Gasteiger partial charge in [-0.1, -0.05) is 28.5 Å². The molecular formula is C12H12ClN7O4. The minimum Gasteiger partial charge on any atom is -0.482 e. The zero-order chi connectivity index (χ0) is 17.5. The first-order valence-electron chi connectivity index (χ1n) is 6.57. The van der Waals surface area contributed by atoms with Crippen molar-refractivity contribution in [2.75, 3.05) is 6.61 Å². The average Bonchev–Trinajstić information content (AvgIpc) is 3.01. The fourth-order valence-corrected chi connectivity index (χ4v) is 1.70. The van der Waals surface area contributed by atoms with Crippen LogP contribution < -0.4 is 10.2 Å². The molecule has 1 amide bonds. The third kappa shape index (κ3) is 4.98. The number of aromatic nitrogens is 4. The van der Waals surface area contributed by atoms with Crippen LogP contribution in [0.15, 0.2) is 29.4 Å². The second-order valence-corrected chi connectivity index (χ2v) is 4.89. The summed E-state index contributed by atoms with van der Waals surface area (Å²) < 4.78 is 5.25. The van der Waals surface area contributed by atoms with Crippen LogP contribution in [0.4, 0.5) is 5.95 Å². The van der Waals surface area contributed by atoms with Crippen LogP contribution in [-0.2, 0) is 11.3 Å². The second-order valence-electron chi connectivity index (χ2n) is 4.48. The number of hydrogen-bond donors (Lipinski definition) is 1. The van der Waals surface area contributed by atoms with Crippen molar-refractivity contribution in [2.45, 2.75) is 13.5 Å². The number of nitro groups is 1. The van der Waals surface area contributed by atoms with Crippen molar-refractivity contribution in [3.63, 3.8) is 0 Å². The summed E-state index contributed by atoms with van der Waals surface area (Å²) in [7, 11) is 0. The maximum Gasteiger partial charge on any atom is 0.514 e. The van der Waals surface area contributed by atoms with Crippen molar-refractivity contribution in [2.24, 2.45) is 5.10 Å². The molecule has 0 saturated carbocycles. The van der Waals surface area contributed by atoms with Crippen LogP contribution in [0.1, 0.15) is 6.92 Å². The Kier molecular flexibility index (Phi) is 5.73. The van der Waals surface area contributed by atoms with Gasteiger partial charge in [0.15, 0.2) is 6.61 Å². The number of carbonyl (C=O) groups excluding carboxylic acids is 1. The maximum absolute atomic E-state index is 11.7. The van der Waals surface area contributed by atoms with E-state index in [1.165, 1.54) is 0 Å². The number of amides is 1. The Labute approximate surface area is 140 Å². The van der Waals surface area contributed by atoms with Crippen LogP contribution in [0.2, 0.25) is 5.02 Å². The summed E-state index contributed by atoms with van der Waals surface area (Å²) in [6, 6.07) is 6.74. The molecule has 0 unspecified atom stereocenters. The van der Waals surface area contributed by atoms with Gasteiger partial charge in [-0.25, -0.2) is 5.43 Å². The van der Waals surface area contributed by atoms with Crippen LogP contribution in [0.25, 0.3) is 0 Å². The largest absolute Gasteiger partial charge is 0.514 e. The highest BCUT2D eigenvalue weighted by Gasteiger charge is 2.15. The van der Waals surface area contributed by atoms with Gasteiger partial charge in [0.25, 0.3) is 5.91 Å². The Hall–Kier alpha value is -3.08. The van der Waals surface area contributed by atoms with Crippen LogP contribution in [0.3, 0.4) is 0 Å². The van der Waals surface area contributed by atoms with E-state index in [2.05, 4.69) is 25.9 Å². The van der Waals surface area contributed by atoms with Gasteiger partial charge in [0.2, 0.25) is 0 Å². The number of nitrogens with one attached hydrogen (secondary N) is 1. The number of nitrogens with zero attached hydrogens (tertiary/aromatic N) is 6. The van der Waals surface area contributed by atoms with Gasteiger partial charge >= 0.3 is 5.95 Å². The van der Waals surface area contributed by atoms with Gasteiger partial charge in [0.05, 0.1) is 20.9 Å². The molecule has 1 aromatic carbocycles. The number of tetrazole rings is 1. The highest BCUT2D eigenvalue weighted by molar-refractivity contribution is 6.32. The van der Waals surface area contributed by atoms with E-state index in [9.17, 15) is 14.9 Å². The van der Waals surface area contributed by atoms with E-state index >= 15 is 0 Å². The lowest BCUT2D eigenvalue weighted by Gasteiger charge is -2.06. The number of halogens is 1. The van der Waals surface area contributed by atoms with Gasteiger partial charge in [0, 0.05) is 5.21 Å². The Morgan fingerprint density at radius 1 is 1.50 bits per heavy atom. The lowest BCUT2D eigenvalue weighted by molar-refractivity contribution is -0.394. The molecule has 126 valence electrons. The summed E-state index contributed by atoms with van der Waals surface area (Å²) >= 11 is 5.89. The van der Waals surface area contributed by atoms with Crippen LogP contribution in [0, 0.1) is 10.1 Å². The van der Waals surface area contributed by atoms with Crippen molar-refractivity contribution in [3.8, 4) is 5.75 Å². The molecule has 1 aromatic heterocycles. The molecule has 0 bridgehead atoms. The monoisotopic (exact) mass is 353 g/mol. The van der Waals surface area contributed by atoms with Crippen LogP contribution in [-0.4, -0.2) is 43.4 Å². The Balaban J connectivity index is 1.81. The van der Waals surface area contributed by atoms with Gasteiger partial charge in [-0.3, -0.25) is 4.79 Å². The summed E-state index contributed by atoms with van der Waals surface area (Å²) in [6.07, 6.45) is 0. The number of hydrogen-bond acceptors (Lipinski definition) is 8. The molecule has 0 aliphatic heterocycles. The van der Waals surface area contributed by atoms with E-state index in [0.717, 1.165) is 4.80 Å². The lowest BCUT2D eigenvalue weighted by Crippen LogP contribution is -2.26. The molecule has 0 spiro atoms. The number of ether oxygens (including phenoxy) is 1. The van der Waals surface area contributed by atoms with E-state index in [0.29, 0.717) is 16.5 Å². The molecule has 0 fully saturated rings. The SMILES string of the molecule is CC(Cn1nnc([N+](=O)[O-])n1)=NNC(=O)COc1ccccc1Cl. The molecule has 12 heteroatoms. The molecule has 24 heavy (non-hydrogen) atoms. The average molecular weight is 354 g/mol.